The molecule has 6 nitrogen and oxygen atoms in total. The number of benzene rings is 2. The van der Waals surface area contributed by atoms with Crippen molar-refractivity contribution in [2.45, 2.75) is 25.7 Å². The van der Waals surface area contributed by atoms with Crippen LogP contribution in [0.25, 0.3) is 0 Å². The Labute approximate surface area is 192 Å². The average molecular weight is 441 g/mol. The molecule has 0 fully saturated rings. The maximum absolute atomic E-state index is 12.9. The third-order valence-electron chi connectivity index (χ3n) is 5.30. The summed E-state index contributed by atoms with van der Waals surface area (Å²) in [5.74, 6) is 1.80. The summed E-state index contributed by atoms with van der Waals surface area (Å²) in [4.78, 5) is 16.7. The highest BCUT2D eigenvalue weighted by Gasteiger charge is 2.16. The number of ether oxygens (including phenoxy) is 3. The van der Waals surface area contributed by atoms with Crippen molar-refractivity contribution < 1.29 is 19.0 Å². The Morgan fingerprint density at radius 3 is 2.28 bits per heavy atom. The highest BCUT2D eigenvalue weighted by atomic mass is 16.5. The van der Waals surface area contributed by atoms with Crippen LogP contribution in [-0.2, 0) is 0 Å². The molecule has 0 aromatic heterocycles. The molecular weight excluding hydrogens is 404 g/mol. The fourth-order valence-electron chi connectivity index (χ4n) is 3.39. The van der Waals surface area contributed by atoms with Crippen molar-refractivity contribution >= 4 is 11.6 Å². The first-order valence-electron chi connectivity index (χ1n) is 11.0. The molecule has 6 heteroatoms. The molecule has 0 saturated heterocycles. The zero-order chi connectivity index (χ0) is 23.3. The molecule has 2 aromatic rings. The molecule has 0 N–H and O–H groups in total. The number of methoxy groups -OCH3 is 2. The zero-order valence-corrected chi connectivity index (χ0v) is 19.8. The van der Waals surface area contributed by atoms with Crippen LogP contribution in [-0.4, -0.2) is 58.8 Å². The van der Waals surface area contributed by atoms with E-state index in [0.29, 0.717) is 23.7 Å². The first-order valence-corrected chi connectivity index (χ1v) is 11.0. The molecule has 32 heavy (non-hydrogen) atoms. The molecule has 0 unspecified atom stereocenters. The number of carbonyl (C=O) groups is 1. The molecule has 0 heterocycles. The van der Waals surface area contributed by atoms with Crippen LogP contribution in [0.1, 0.15) is 36.0 Å². The maximum Gasteiger partial charge on any atom is 0.258 e. The Bertz CT molecular complexity index is 851. The van der Waals surface area contributed by atoms with Gasteiger partial charge in [0.05, 0.1) is 20.8 Å². The third kappa shape index (κ3) is 7.61. The van der Waals surface area contributed by atoms with Gasteiger partial charge < -0.3 is 24.0 Å². The number of hydrogen-bond donors (Lipinski definition) is 0. The van der Waals surface area contributed by atoms with E-state index in [4.69, 9.17) is 14.2 Å². The minimum Gasteiger partial charge on any atom is -0.494 e. The normalized spacial score (nSPS) is 10.7. The number of likely N-dealkylation sites (N-methyl/N-ethyl adjacent to an activating group) is 1. The summed E-state index contributed by atoms with van der Waals surface area (Å²) in [7, 11) is 6.99. The molecule has 0 atom stereocenters. The topological polar surface area (TPSA) is 51.2 Å². The summed E-state index contributed by atoms with van der Waals surface area (Å²) < 4.78 is 16.4. The summed E-state index contributed by atoms with van der Waals surface area (Å²) in [6.45, 7) is 6.50. The van der Waals surface area contributed by atoms with Gasteiger partial charge in [0.1, 0.15) is 5.75 Å². The van der Waals surface area contributed by atoms with Crippen molar-refractivity contribution in [3.05, 3.63) is 60.7 Å². The van der Waals surface area contributed by atoms with Gasteiger partial charge >= 0.3 is 0 Å². The molecule has 0 spiro atoms. The van der Waals surface area contributed by atoms with E-state index in [1.807, 2.05) is 30.3 Å². The van der Waals surface area contributed by atoms with Crippen molar-refractivity contribution in [2.75, 3.05) is 52.9 Å². The van der Waals surface area contributed by atoms with Crippen molar-refractivity contribution in [3.63, 3.8) is 0 Å². The smallest absolute Gasteiger partial charge is 0.258 e. The first-order chi connectivity index (χ1) is 15.5. The van der Waals surface area contributed by atoms with E-state index in [9.17, 15) is 4.79 Å². The van der Waals surface area contributed by atoms with E-state index < -0.39 is 0 Å². The second-order valence-electron chi connectivity index (χ2n) is 7.74. The lowest BCUT2D eigenvalue weighted by Gasteiger charge is -2.19. The average Bonchev–Trinajstić information content (AvgIpc) is 2.82. The van der Waals surface area contributed by atoms with Gasteiger partial charge in [-0.25, -0.2) is 0 Å². The van der Waals surface area contributed by atoms with Gasteiger partial charge in [0.15, 0.2) is 11.5 Å². The Morgan fingerprint density at radius 1 is 0.938 bits per heavy atom. The van der Waals surface area contributed by atoms with Crippen LogP contribution in [0.15, 0.2) is 55.1 Å². The van der Waals surface area contributed by atoms with Gasteiger partial charge in [0.2, 0.25) is 0 Å². The fourth-order valence-corrected chi connectivity index (χ4v) is 3.39. The van der Waals surface area contributed by atoms with E-state index in [-0.39, 0.29) is 5.91 Å². The van der Waals surface area contributed by atoms with Crippen LogP contribution >= 0.6 is 0 Å². The lowest BCUT2D eigenvalue weighted by Crippen LogP contribution is -2.26. The number of rotatable bonds is 14. The second-order valence-corrected chi connectivity index (χ2v) is 7.74. The fraction of sp³-hybridized carbons (Fsp3) is 0.423. The molecule has 1 amide bonds. The minimum atomic E-state index is -0.127. The summed E-state index contributed by atoms with van der Waals surface area (Å²) in [5, 5.41) is 0. The molecule has 0 radical (unpaired) electrons. The van der Waals surface area contributed by atoms with Gasteiger partial charge in [-0.3, -0.25) is 4.79 Å². The van der Waals surface area contributed by atoms with Gasteiger partial charge in [0, 0.05) is 24.8 Å². The monoisotopic (exact) mass is 440 g/mol. The summed E-state index contributed by atoms with van der Waals surface area (Å²) in [6, 6.07) is 12.7. The maximum atomic E-state index is 12.9. The van der Waals surface area contributed by atoms with Crippen LogP contribution in [0.4, 0.5) is 5.69 Å². The molecule has 0 bridgehead atoms. The van der Waals surface area contributed by atoms with E-state index in [0.717, 1.165) is 37.4 Å². The van der Waals surface area contributed by atoms with Gasteiger partial charge in [0.25, 0.3) is 5.91 Å². The van der Waals surface area contributed by atoms with E-state index in [1.54, 1.807) is 44.4 Å². The minimum absolute atomic E-state index is 0.127. The summed E-state index contributed by atoms with van der Waals surface area (Å²) in [5.41, 5.74) is 1.32. The van der Waals surface area contributed by atoms with Crippen LogP contribution < -0.4 is 19.1 Å². The molecule has 2 aromatic carbocycles. The molecule has 0 aliphatic heterocycles. The Hall–Kier alpha value is -2.99. The number of anilines is 1. The molecular formula is C26H36N2O4. The number of nitrogens with zero attached hydrogens (tertiary/aromatic N) is 2. The SMILES string of the molecule is C=CCN(C)CCCCCCOc1ccc(N(C)C(=O)c2ccc(OC)c(OC)c2)cc1. The Morgan fingerprint density at radius 2 is 1.62 bits per heavy atom. The van der Waals surface area contributed by atoms with Crippen LogP contribution in [0.3, 0.4) is 0 Å². The predicted octanol–water partition coefficient (Wildman–Crippen LogP) is 5.04. The van der Waals surface area contributed by atoms with Crippen molar-refractivity contribution in [1.29, 1.82) is 0 Å². The van der Waals surface area contributed by atoms with Gasteiger partial charge in [-0.15, -0.1) is 6.58 Å². The highest BCUT2D eigenvalue weighted by Crippen LogP contribution is 2.29. The second kappa shape index (κ2) is 13.4. The van der Waals surface area contributed by atoms with E-state index in [2.05, 4.69) is 18.5 Å². The number of hydrogen-bond acceptors (Lipinski definition) is 5. The highest BCUT2D eigenvalue weighted by molar-refractivity contribution is 6.06. The standard InChI is InChI=1S/C26H36N2O4/c1-6-17-27(2)18-9-7-8-10-19-32-23-14-12-22(13-15-23)28(3)26(29)21-11-16-24(30-4)25(20-21)31-5/h6,11-16,20H,1,7-10,17-19H2,2-5H3. The van der Waals surface area contributed by atoms with Gasteiger partial charge in [-0.1, -0.05) is 18.9 Å². The zero-order valence-electron chi connectivity index (χ0n) is 19.8. The quantitative estimate of drug-likeness (QED) is 0.304. The molecule has 174 valence electrons. The lowest BCUT2D eigenvalue weighted by atomic mass is 10.1. The van der Waals surface area contributed by atoms with Gasteiger partial charge in [-0.2, -0.15) is 0 Å². The molecule has 0 aliphatic rings. The van der Waals surface area contributed by atoms with Crippen LogP contribution in [0.2, 0.25) is 0 Å². The number of amides is 1. The van der Waals surface area contributed by atoms with Crippen molar-refractivity contribution in [3.8, 4) is 17.2 Å². The van der Waals surface area contributed by atoms with Crippen LogP contribution in [0, 0.1) is 0 Å². The summed E-state index contributed by atoms with van der Waals surface area (Å²) >= 11 is 0. The Balaban J connectivity index is 1.79. The summed E-state index contributed by atoms with van der Waals surface area (Å²) in [6.07, 6.45) is 6.52. The molecule has 0 saturated carbocycles. The van der Waals surface area contributed by atoms with Crippen molar-refractivity contribution in [2.24, 2.45) is 0 Å². The predicted molar refractivity (Wildman–Crippen MR) is 130 cm³/mol. The first kappa shape index (κ1) is 25.3. The van der Waals surface area contributed by atoms with Crippen molar-refractivity contribution in [1.82, 2.24) is 4.90 Å². The van der Waals surface area contributed by atoms with Crippen LogP contribution in [0.5, 0.6) is 17.2 Å². The van der Waals surface area contributed by atoms with Gasteiger partial charge in [-0.05, 0) is 68.9 Å². The number of unbranched alkanes of at least 4 members (excludes halogenated alkanes) is 3. The third-order valence-corrected chi connectivity index (χ3v) is 5.30. The lowest BCUT2D eigenvalue weighted by molar-refractivity contribution is 0.0992. The molecule has 2 rings (SSSR count). The number of carbonyl (C=O) groups excluding carboxylic acids is 1. The van der Waals surface area contributed by atoms with E-state index >= 15 is 0 Å². The largest absolute Gasteiger partial charge is 0.494 e. The Kier molecular flexibility index (Phi) is 10.6. The van der Waals surface area contributed by atoms with E-state index in [1.165, 1.54) is 12.8 Å². The molecule has 0 aliphatic carbocycles.